The third kappa shape index (κ3) is 7.65. The number of halogens is 1. The molecule has 1 unspecified atom stereocenters. The van der Waals surface area contributed by atoms with Gasteiger partial charge in [-0.3, -0.25) is 9.80 Å². The fraction of sp³-hybridized carbons (Fsp3) is 0.520. The van der Waals surface area contributed by atoms with Crippen LogP contribution in [0.5, 0.6) is 11.5 Å². The molecule has 8 heteroatoms. The lowest BCUT2D eigenvalue weighted by molar-refractivity contribution is -0.0646. The predicted molar refractivity (Wildman–Crippen MR) is 122 cm³/mol. The predicted octanol–water partition coefficient (Wildman–Crippen LogP) is 2.18. The van der Waals surface area contributed by atoms with Gasteiger partial charge in [0.25, 0.3) is 0 Å². The fourth-order valence-electron chi connectivity index (χ4n) is 4.08. The van der Waals surface area contributed by atoms with Crippen LogP contribution in [0.25, 0.3) is 0 Å². The second-order valence-electron chi connectivity index (χ2n) is 8.68. The van der Waals surface area contributed by atoms with Gasteiger partial charge < -0.3 is 24.1 Å². The van der Waals surface area contributed by atoms with E-state index in [-0.39, 0.29) is 19.0 Å². The van der Waals surface area contributed by atoms with Crippen LogP contribution in [-0.4, -0.2) is 92.9 Å². The van der Waals surface area contributed by atoms with E-state index in [4.69, 9.17) is 18.9 Å². The molecule has 2 saturated heterocycles. The first-order valence-electron chi connectivity index (χ1n) is 11.5. The van der Waals surface area contributed by atoms with Crippen molar-refractivity contribution in [3.05, 3.63) is 59.9 Å². The quantitative estimate of drug-likeness (QED) is 0.616. The highest BCUT2D eigenvalue weighted by molar-refractivity contribution is 5.28. The van der Waals surface area contributed by atoms with Crippen LogP contribution in [0.2, 0.25) is 0 Å². The zero-order valence-electron chi connectivity index (χ0n) is 19.0. The minimum atomic E-state index is -1.16. The van der Waals surface area contributed by atoms with Crippen molar-refractivity contribution >= 4 is 0 Å². The average molecular weight is 461 g/mol. The minimum Gasteiger partial charge on any atom is -0.492 e. The lowest BCUT2D eigenvalue weighted by Crippen LogP contribution is -2.48. The highest BCUT2D eigenvalue weighted by Gasteiger charge is 2.33. The van der Waals surface area contributed by atoms with Gasteiger partial charge in [0.05, 0.1) is 26.4 Å². The Morgan fingerprint density at radius 2 is 1.67 bits per heavy atom. The lowest BCUT2D eigenvalue weighted by Gasteiger charge is -2.30. The molecule has 0 radical (unpaired) electrons. The molecule has 2 fully saturated rings. The number of β-amino-alcohol motifs (C(OH)–C–C–N with tert-alkyl or cyclic N) is 1. The Hall–Kier alpha value is -2.23. The number of hydrogen-bond acceptors (Lipinski definition) is 7. The molecule has 4 rings (SSSR count). The summed E-state index contributed by atoms with van der Waals surface area (Å²) in [4.78, 5) is 4.51. The average Bonchev–Trinajstić information content (AvgIpc) is 3.01. The van der Waals surface area contributed by atoms with E-state index in [0.717, 1.165) is 44.2 Å². The molecule has 2 aromatic carbocycles. The maximum Gasteiger partial charge on any atom is 0.134 e. The van der Waals surface area contributed by atoms with Gasteiger partial charge >= 0.3 is 0 Å². The SMILES string of the molecule is OC1(COc2ccc(F)cc2)COCCN(Cc2cccc(OCCN3CCOCC3)c2)C1. The van der Waals surface area contributed by atoms with Crippen LogP contribution in [0.15, 0.2) is 48.5 Å². The highest BCUT2D eigenvalue weighted by atomic mass is 19.1. The van der Waals surface area contributed by atoms with Crippen molar-refractivity contribution in [3.8, 4) is 11.5 Å². The van der Waals surface area contributed by atoms with Gasteiger partial charge in [-0.05, 0) is 42.0 Å². The summed E-state index contributed by atoms with van der Waals surface area (Å²) >= 11 is 0. The third-order valence-electron chi connectivity index (χ3n) is 5.85. The zero-order valence-corrected chi connectivity index (χ0v) is 19.0. The first kappa shape index (κ1) is 23.9. The van der Waals surface area contributed by atoms with Crippen LogP contribution < -0.4 is 9.47 Å². The molecule has 2 heterocycles. The van der Waals surface area contributed by atoms with E-state index in [9.17, 15) is 9.50 Å². The van der Waals surface area contributed by atoms with Crippen molar-refractivity contribution in [2.75, 3.05) is 72.4 Å². The van der Waals surface area contributed by atoms with Gasteiger partial charge in [0.15, 0.2) is 0 Å². The number of hydrogen-bond donors (Lipinski definition) is 1. The van der Waals surface area contributed by atoms with E-state index >= 15 is 0 Å². The molecule has 2 aliphatic rings. The minimum absolute atomic E-state index is 0.0693. The molecule has 0 aromatic heterocycles. The Bertz CT molecular complexity index is 862. The number of nitrogens with zero attached hydrogens (tertiary/aromatic N) is 2. The van der Waals surface area contributed by atoms with Gasteiger partial charge in [-0.15, -0.1) is 0 Å². The number of ether oxygens (including phenoxy) is 4. The second kappa shape index (κ2) is 11.8. The van der Waals surface area contributed by atoms with Crippen molar-refractivity contribution in [2.24, 2.45) is 0 Å². The molecular formula is C25H33FN2O5. The molecule has 180 valence electrons. The summed E-state index contributed by atoms with van der Waals surface area (Å²) in [6.07, 6.45) is 0. The molecule has 1 atom stereocenters. The van der Waals surface area contributed by atoms with Crippen LogP contribution in [0.1, 0.15) is 5.56 Å². The molecule has 0 spiro atoms. The third-order valence-corrected chi connectivity index (χ3v) is 5.85. The summed E-state index contributed by atoms with van der Waals surface area (Å²) < 4.78 is 35.8. The van der Waals surface area contributed by atoms with Crippen molar-refractivity contribution in [3.63, 3.8) is 0 Å². The lowest BCUT2D eigenvalue weighted by atomic mass is 10.1. The van der Waals surface area contributed by atoms with Gasteiger partial charge in [-0.25, -0.2) is 4.39 Å². The molecule has 1 N–H and O–H groups in total. The summed E-state index contributed by atoms with van der Waals surface area (Å²) in [5.41, 5.74) is -0.0421. The largest absolute Gasteiger partial charge is 0.492 e. The van der Waals surface area contributed by atoms with Gasteiger partial charge in [-0.1, -0.05) is 12.1 Å². The normalized spacial score (nSPS) is 22.6. The fourth-order valence-corrected chi connectivity index (χ4v) is 4.08. The monoisotopic (exact) mass is 460 g/mol. The smallest absolute Gasteiger partial charge is 0.134 e. The number of aliphatic hydroxyl groups is 1. The van der Waals surface area contributed by atoms with Crippen molar-refractivity contribution in [1.29, 1.82) is 0 Å². The van der Waals surface area contributed by atoms with Crippen LogP contribution in [0.4, 0.5) is 4.39 Å². The summed E-state index contributed by atoms with van der Waals surface area (Å²) in [7, 11) is 0. The molecule has 2 aromatic rings. The number of rotatable bonds is 9. The first-order chi connectivity index (χ1) is 16.1. The number of benzene rings is 2. The van der Waals surface area contributed by atoms with E-state index in [1.165, 1.54) is 12.1 Å². The molecule has 33 heavy (non-hydrogen) atoms. The maximum atomic E-state index is 13.1. The summed E-state index contributed by atoms with van der Waals surface area (Å²) in [6.45, 7) is 7.60. The summed E-state index contributed by atoms with van der Waals surface area (Å²) in [6, 6.07) is 13.9. The van der Waals surface area contributed by atoms with Crippen molar-refractivity contribution in [2.45, 2.75) is 12.1 Å². The van der Waals surface area contributed by atoms with E-state index in [2.05, 4.69) is 21.9 Å². The Kier molecular flexibility index (Phi) is 8.52. The molecular weight excluding hydrogens is 427 g/mol. The van der Waals surface area contributed by atoms with E-state index in [0.29, 0.717) is 38.6 Å². The standard InChI is InChI=1S/C25H33FN2O5/c26-22-4-6-23(7-5-22)33-20-25(29)18-28(10-14-31-19-25)17-21-2-1-3-24(16-21)32-15-11-27-8-12-30-13-9-27/h1-7,16,29H,8-15,17-20H2. The second-order valence-corrected chi connectivity index (χ2v) is 8.68. The van der Waals surface area contributed by atoms with Crippen LogP contribution in [0, 0.1) is 5.82 Å². The molecule has 0 aliphatic carbocycles. The highest BCUT2D eigenvalue weighted by Crippen LogP contribution is 2.20. The maximum absolute atomic E-state index is 13.1. The molecule has 0 bridgehead atoms. The van der Waals surface area contributed by atoms with Gasteiger partial charge in [0, 0.05) is 39.3 Å². The summed E-state index contributed by atoms with van der Waals surface area (Å²) in [5, 5.41) is 11.1. The Balaban J connectivity index is 1.28. The van der Waals surface area contributed by atoms with Gasteiger partial charge in [0.2, 0.25) is 0 Å². The Morgan fingerprint density at radius 1 is 0.909 bits per heavy atom. The van der Waals surface area contributed by atoms with Gasteiger partial charge in [-0.2, -0.15) is 0 Å². The van der Waals surface area contributed by atoms with Crippen LogP contribution >= 0.6 is 0 Å². The van der Waals surface area contributed by atoms with Crippen LogP contribution in [-0.2, 0) is 16.0 Å². The molecule has 2 aliphatic heterocycles. The van der Waals surface area contributed by atoms with E-state index < -0.39 is 5.60 Å². The molecule has 0 saturated carbocycles. The molecule has 7 nitrogen and oxygen atoms in total. The summed E-state index contributed by atoms with van der Waals surface area (Å²) in [5.74, 6) is 1.04. The Morgan fingerprint density at radius 3 is 2.48 bits per heavy atom. The first-order valence-corrected chi connectivity index (χ1v) is 11.5. The van der Waals surface area contributed by atoms with Crippen molar-refractivity contribution < 1.29 is 28.4 Å². The topological polar surface area (TPSA) is 63.6 Å². The van der Waals surface area contributed by atoms with E-state index in [1.54, 1.807) is 12.1 Å². The molecule has 0 amide bonds. The number of morpholine rings is 1. The van der Waals surface area contributed by atoms with Gasteiger partial charge in [0.1, 0.15) is 36.1 Å². The van der Waals surface area contributed by atoms with E-state index in [1.807, 2.05) is 12.1 Å². The zero-order chi connectivity index (χ0) is 22.9. The van der Waals surface area contributed by atoms with Crippen LogP contribution in [0.3, 0.4) is 0 Å². The van der Waals surface area contributed by atoms with Crippen molar-refractivity contribution in [1.82, 2.24) is 9.80 Å². The Labute approximate surface area is 194 Å².